The lowest BCUT2D eigenvalue weighted by Gasteiger charge is -2.47. The molecular formula is C13H27N3. The van der Waals surface area contributed by atoms with E-state index >= 15 is 0 Å². The molecule has 2 rings (SSSR count). The van der Waals surface area contributed by atoms with Crippen molar-refractivity contribution in [1.29, 1.82) is 0 Å². The zero-order chi connectivity index (χ0) is 11.6. The van der Waals surface area contributed by atoms with E-state index in [9.17, 15) is 0 Å². The van der Waals surface area contributed by atoms with Gasteiger partial charge in [0.25, 0.3) is 0 Å². The Labute approximate surface area is 100.0 Å². The molecule has 0 bridgehead atoms. The highest BCUT2D eigenvalue weighted by molar-refractivity contribution is 4.99. The Morgan fingerprint density at radius 1 is 1.38 bits per heavy atom. The number of nitrogens with zero attached hydrogens (tertiary/aromatic N) is 2. The standard InChI is InChI=1S/C13H27N3/c1-3-12-5-8-16(9-12)13(10-14)6-4-7-15(2)11-13/h12H,3-11,14H2,1-2H3. The van der Waals surface area contributed by atoms with E-state index in [0.29, 0.717) is 0 Å². The molecule has 0 aromatic carbocycles. The number of rotatable bonds is 3. The highest BCUT2D eigenvalue weighted by Gasteiger charge is 2.41. The Morgan fingerprint density at radius 2 is 2.19 bits per heavy atom. The normalized spacial score (nSPS) is 38.1. The summed E-state index contributed by atoms with van der Waals surface area (Å²) < 4.78 is 0. The van der Waals surface area contributed by atoms with Crippen LogP contribution in [0.4, 0.5) is 0 Å². The lowest BCUT2D eigenvalue weighted by Crippen LogP contribution is -2.61. The Morgan fingerprint density at radius 3 is 2.75 bits per heavy atom. The first-order valence-corrected chi connectivity index (χ1v) is 6.84. The molecule has 3 nitrogen and oxygen atoms in total. The minimum atomic E-state index is 0.289. The molecule has 0 radical (unpaired) electrons. The number of likely N-dealkylation sites (tertiary alicyclic amines) is 2. The highest BCUT2D eigenvalue weighted by Crippen LogP contribution is 2.32. The molecule has 2 unspecified atom stereocenters. The third-order valence-electron chi connectivity index (χ3n) is 4.66. The summed E-state index contributed by atoms with van der Waals surface area (Å²) in [4.78, 5) is 5.15. The third-order valence-corrected chi connectivity index (χ3v) is 4.66. The Kier molecular flexibility index (Phi) is 3.88. The zero-order valence-corrected chi connectivity index (χ0v) is 10.9. The van der Waals surface area contributed by atoms with Crippen LogP contribution in [0.1, 0.15) is 32.6 Å². The van der Waals surface area contributed by atoms with Gasteiger partial charge in [-0.3, -0.25) is 4.90 Å². The molecule has 94 valence electrons. The average Bonchev–Trinajstić information content (AvgIpc) is 2.78. The van der Waals surface area contributed by atoms with Gasteiger partial charge in [-0.05, 0) is 45.3 Å². The van der Waals surface area contributed by atoms with Gasteiger partial charge in [0.15, 0.2) is 0 Å². The Hall–Kier alpha value is -0.120. The van der Waals surface area contributed by atoms with Crippen molar-refractivity contribution in [2.75, 3.05) is 39.8 Å². The van der Waals surface area contributed by atoms with E-state index < -0.39 is 0 Å². The number of likely N-dealkylation sites (N-methyl/N-ethyl adjacent to an activating group) is 1. The molecule has 2 N–H and O–H groups in total. The molecule has 2 aliphatic rings. The first-order valence-electron chi connectivity index (χ1n) is 6.84. The van der Waals surface area contributed by atoms with Crippen LogP contribution in [0.15, 0.2) is 0 Å². The lowest BCUT2D eigenvalue weighted by molar-refractivity contribution is 0.0405. The fraction of sp³-hybridized carbons (Fsp3) is 1.00. The number of hydrogen-bond donors (Lipinski definition) is 1. The van der Waals surface area contributed by atoms with Gasteiger partial charge in [-0.2, -0.15) is 0 Å². The van der Waals surface area contributed by atoms with Crippen LogP contribution >= 0.6 is 0 Å². The van der Waals surface area contributed by atoms with Crippen molar-refractivity contribution >= 4 is 0 Å². The van der Waals surface area contributed by atoms with Crippen molar-refractivity contribution < 1.29 is 0 Å². The topological polar surface area (TPSA) is 32.5 Å². The third kappa shape index (κ3) is 2.27. The molecule has 0 spiro atoms. The first-order chi connectivity index (χ1) is 7.70. The number of hydrogen-bond acceptors (Lipinski definition) is 3. The largest absolute Gasteiger partial charge is 0.329 e. The minimum Gasteiger partial charge on any atom is -0.329 e. The molecule has 0 amide bonds. The van der Waals surface area contributed by atoms with E-state index in [-0.39, 0.29) is 5.54 Å². The van der Waals surface area contributed by atoms with Gasteiger partial charge in [0, 0.05) is 25.2 Å². The summed E-state index contributed by atoms with van der Waals surface area (Å²) in [5, 5.41) is 0. The second kappa shape index (κ2) is 5.03. The van der Waals surface area contributed by atoms with Gasteiger partial charge >= 0.3 is 0 Å². The monoisotopic (exact) mass is 225 g/mol. The van der Waals surface area contributed by atoms with E-state index in [2.05, 4.69) is 23.8 Å². The molecule has 0 aromatic rings. The molecular weight excluding hydrogens is 198 g/mol. The van der Waals surface area contributed by atoms with Crippen LogP contribution in [-0.2, 0) is 0 Å². The van der Waals surface area contributed by atoms with Gasteiger partial charge in [0.1, 0.15) is 0 Å². The average molecular weight is 225 g/mol. The molecule has 2 saturated heterocycles. The maximum absolute atomic E-state index is 6.10. The van der Waals surface area contributed by atoms with Crippen LogP contribution in [0.5, 0.6) is 0 Å². The van der Waals surface area contributed by atoms with Crippen molar-refractivity contribution in [3.8, 4) is 0 Å². The summed E-state index contributed by atoms with van der Waals surface area (Å²) in [6, 6.07) is 0. The van der Waals surface area contributed by atoms with Gasteiger partial charge < -0.3 is 10.6 Å². The fourth-order valence-electron chi connectivity index (χ4n) is 3.49. The molecule has 3 heteroatoms. The lowest BCUT2D eigenvalue weighted by atomic mass is 9.87. The Balaban J connectivity index is 2.03. The van der Waals surface area contributed by atoms with Crippen LogP contribution in [0.3, 0.4) is 0 Å². The zero-order valence-electron chi connectivity index (χ0n) is 10.9. The molecule has 2 atom stereocenters. The van der Waals surface area contributed by atoms with Gasteiger partial charge in [-0.25, -0.2) is 0 Å². The maximum Gasteiger partial charge on any atom is 0.0458 e. The van der Waals surface area contributed by atoms with Gasteiger partial charge in [0.05, 0.1) is 0 Å². The summed E-state index contributed by atoms with van der Waals surface area (Å²) in [7, 11) is 2.23. The predicted octanol–water partition coefficient (Wildman–Crippen LogP) is 1.14. The summed E-state index contributed by atoms with van der Waals surface area (Å²) >= 11 is 0. The summed E-state index contributed by atoms with van der Waals surface area (Å²) in [6.07, 6.45) is 5.31. The van der Waals surface area contributed by atoms with Crippen molar-refractivity contribution in [1.82, 2.24) is 9.80 Å². The van der Waals surface area contributed by atoms with Crippen LogP contribution in [-0.4, -0.2) is 55.1 Å². The first kappa shape index (κ1) is 12.3. The molecule has 2 heterocycles. The van der Waals surface area contributed by atoms with Crippen molar-refractivity contribution in [3.63, 3.8) is 0 Å². The van der Waals surface area contributed by atoms with Gasteiger partial charge in [-0.15, -0.1) is 0 Å². The second-order valence-electron chi connectivity index (χ2n) is 5.78. The van der Waals surface area contributed by atoms with Crippen LogP contribution < -0.4 is 5.73 Å². The molecule has 0 saturated carbocycles. The number of nitrogens with two attached hydrogens (primary N) is 1. The van der Waals surface area contributed by atoms with E-state index in [1.165, 1.54) is 51.9 Å². The van der Waals surface area contributed by atoms with E-state index in [1.54, 1.807) is 0 Å². The molecule has 2 aliphatic heterocycles. The second-order valence-corrected chi connectivity index (χ2v) is 5.78. The van der Waals surface area contributed by atoms with Crippen molar-refractivity contribution in [2.24, 2.45) is 11.7 Å². The fourth-order valence-corrected chi connectivity index (χ4v) is 3.49. The summed E-state index contributed by atoms with van der Waals surface area (Å²) in [5.74, 6) is 0.913. The predicted molar refractivity (Wildman–Crippen MR) is 68.5 cm³/mol. The van der Waals surface area contributed by atoms with Gasteiger partial charge in [-0.1, -0.05) is 13.3 Å². The molecule has 0 aromatic heterocycles. The number of piperidine rings is 1. The molecule has 16 heavy (non-hydrogen) atoms. The smallest absolute Gasteiger partial charge is 0.0458 e. The van der Waals surface area contributed by atoms with Crippen molar-refractivity contribution in [3.05, 3.63) is 0 Å². The van der Waals surface area contributed by atoms with Crippen LogP contribution in [0, 0.1) is 5.92 Å². The van der Waals surface area contributed by atoms with Gasteiger partial charge in [0.2, 0.25) is 0 Å². The maximum atomic E-state index is 6.10. The van der Waals surface area contributed by atoms with Crippen molar-refractivity contribution in [2.45, 2.75) is 38.1 Å². The highest BCUT2D eigenvalue weighted by atomic mass is 15.3. The van der Waals surface area contributed by atoms with E-state index in [0.717, 1.165) is 12.5 Å². The molecule has 0 aliphatic carbocycles. The quantitative estimate of drug-likeness (QED) is 0.782. The van der Waals surface area contributed by atoms with Crippen LogP contribution in [0.25, 0.3) is 0 Å². The Bertz CT molecular complexity index is 231. The summed E-state index contributed by atoms with van der Waals surface area (Å²) in [6.45, 7) is 8.10. The van der Waals surface area contributed by atoms with Crippen LogP contribution in [0.2, 0.25) is 0 Å². The summed E-state index contributed by atoms with van der Waals surface area (Å²) in [5.41, 5.74) is 6.39. The minimum absolute atomic E-state index is 0.289. The van der Waals surface area contributed by atoms with E-state index in [4.69, 9.17) is 5.73 Å². The SMILES string of the molecule is CCC1CCN(C2(CN)CCCN(C)C2)C1. The molecule has 2 fully saturated rings. The van der Waals surface area contributed by atoms with E-state index in [1.807, 2.05) is 0 Å².